The van der Waals surface area contributed by atoms with Crippen molar-refractivity contribution in [3.8, 4) is 0 Å². The molecule has 1 heterocycles. The van der Waals surface area contributed by atoms with E-state index < -0.39 is 36.3 Å². The number of rotatable bonds is 15. The summed E-state index contributed by atoms with van der Waals surface area (Å²) >= 11 is 0. The first-order valence-electron chi connectivity index (χ1n) is 16.1. The lowest BCUT2D eigenvalue weighted by Crippen LogP contribution is -2.46. The molecule has 242 valence electrons. The van der Waals surface area contributed by atoms with Crippen LogP contribution in [0.25, 0.3) is 0 Å². The monoisotopic (exact) mass is 630 g/mol. The van der Waals surface area contributed by atoms with Gasteiger partial charge in [-0.2, -0.15) is 0 Å². The van der Waals surface area contributed by atoms with Crippen LogP contribution in [-0.4, -0.2) is 51.5 Å². The molecule has 0 aliphatic carbocycles. The van der Waals surface area contributed by atoms with Gasteiger partial charge in [-0.1, -0.05) is 152 Å². The van der Waals surface area contributed by atoms with E-state index in [1.165, 1.54) is 0 Å². The summed E-state index contributed by atoms with van der Waals surface area (Å²) < 4.78 is 38.9. The van der Waals surface area contributed by atoms with Crippen molar-refractivity contribution in [1.29, 1.82) is 0 Å². The summed E-state index contributed by atoms with van der Waals surface area (Å²) in [5.41, 5.74) is 4.22. The third-order valence-electron chi connectivity index (χ3n) is 8.68. The third-order valence-corrected chi connectivity index (χ3v) is 8.68. The molecule has 0 amide bonds. The average Bonchev–Trinajstić information content (AvgIpc) is 3.50. The standard InChI is InChI=1S/C41H42O6/c1-42-36(30-46-41(33-22-12-5-13-23-33,34-24-14-6-15-25-34)35-26-16-7-17-27-35)37-38(44-28-31-18-8-3-9-19-31)39(40(43-2)47-37)45-29-32-20-10-4-11-21-32/h3-27,36-40H,28-30H2,1-2H3/t36-,37+,38+,39-,40+/m1/s1. The van der Waals surface area contributed by atoms with Crippen molar-refractivity contribution >= 4 is 0 Å². The van der Waals surface area contributed by atoms with Gasteiger partial charge in [0.05, 0.1) is 19.8 Å². The Hall–Kier alpha value is -4.14. The first kappa shape index (κ1) is 32.8. The third kappa shape index (κ3) is 7.55. The Labute approximate surface area is 277 Å². The first-order chi connectivity index (χ1) is 23.2. The molecule has 0 unspecified atom stereocenters. The molecule has 5 aromatic carbocycles. The van der Waals surface area contributed by atoms with Gasteiger partial charge < -0.3 is 28.4 Å². The van der Waals surface area contributed by atoms with Crippen LogP contribution in [0.2, 0.25) is 0 Å². The number of ether oxygens (including phenoxy) is 6. The van der Waals surface area contributed by atoms with Crippen LogP contribution in [0, 0.1) is 0 Å². The number of methoxy groups -OCH3 is 2. The number of benzene rings is 5. The van der Waals surface area contributed by atoms with E-state index in [1.807, 2.05) is 115 Å². The van der Waals surface area contributed by atoms with Gasteiger partial charge in [0, 0.05) is 14.2 Å². The second-order valence-corrected chi connectivity index (χ2v) is 11.6. The maximum atomic E-state index is 7.16. The summed E-state index contributed by atoms with van der Waals surface area (Å²) in [5, 5.41) is 0. The molecule has 0 N–H and O–H groups in total. The second-order valence-electron chi connectivity index (χ2n) is 11.6. The number of hydrogen-bond acceptors (Lipinski definition) is 6. The lowest BCUT2D eigenvalue weighted by molar-refractivity contribution is -0.185. The van der Waals surface area contributed by atoms with E-state index in [-0.39, 0.29) is 6.61 Å². The van der Waals surface area contributed by atoms with Crippen LogP contribution in [0.4, 0.5) is 0 Å². The smallest absolute Gasteiger partial charge is 0.186 e. The van der Waals surface area contributed by atoms with Crippen LogP contribution >= 0.6 is 0 Å². The highest BCUT2D eigenvalue weighted by Crippen LogP contribution is 2.41. The minimum atomic E-state index is -0.913. The molecule has 0 spiro atoms. The van der Waals surface area contributed by atoms with Crippen molar-refractivity contribution in [3.05, 3.63) is 179 Å². The predicted molar refractivity (Wildman–Crippen MR) is 182 cm³/mol. The summed E-state index contributed by atoms with van der Waals surface area (Å²) in [6.45, 7) is 0.971. The van der Waals surface area contributed by atoms with Gasteiger partial charge >= 0.3 is 0 Å². The van der Waals surface area contributed by atoms with Gasteiger partial charge in [0.25, 0.3) is 0 Å². The highest BCUT2D eigenvalue weighted by molar-refractivity contribution is 5.47. The molecule has 0 saturated carbocycles. The molecule has 1 fully saturated rings. The predicted octanol–water partition coefficient (Wildman–Crippen LogP) is 7.55. The quantitative estimate of drug-likeness (QED) is 0.111. The molecule has 47 heavy (non-hydrogen) atoms. The van der Waals surface area contributed by atoms with Gasteiger partial charge in [-0.05, 0) is 27.8 Å². The molecular formula is C41H42O6. The molecule has 1 aliphatic heterocycles. The highest BCUT2D eigenvalue weighted by Gasteiger charge is 2.51. The lowest BCUT2D eigenvalue weighted by atomic mass is 9.80. The van der Waals surface area contributed by atoms with E-state index in [1.54, 1.807) is 14.2 Å². The molecule has 1 aliphatic rings. The van der Waals surface area contributed by atoms with Crippen LogP contribution in [0.15, 0.2) is 152 Å². The molecule has 0 radical (unpaired) electrons. The molecule has 5 atom stereocenters. The molecule has 6 nitrogen and oxygen atoms in total. The Morgan fingerprint density at radius 2 is 0.957 bits per heavy atom. The number of hydrogen-bond donors (Lipinski definition) is 0. The Balaban J connectivity index is 1.32. The molecule has 6 rings (SSSR count). The van der Waals surface area contributed by atoms with Gasteiger partial charge in [-0.25, -0.2) is 0 Å². The van der Waals surface area contributed by atoms with Crippen molar-refractivity contribution in [2.24, 2.45) is 0 Å². The van der Waals surface area contributed by atoms with E-state index in [0.717, 1.165) is 27.8 Å². The van der Waals surface area contributed by atoms with Gasteiger partial charge in [-0.3, -0.25) is 0 Å². The van der Waals surface area contributed by atoms with E-state index >= 15 is 0 Å². The summed E-state index contributed by atoms with van der Waals surface area (Å²) in [4.78, 5) is 0. The maximum absolute atomic E-state index is 7.16. The zero-order chi connectivity index (χ0) is 32.3. The second kappa shape index (κ2) is 16.1. The summed E-state index contributed by atoms with van der Waals surface area (Å²) in [6, 6.07) is 51.1. The van der Waals surface area contributed by atoms with Crippen molar-refractivity contribution in [1.82, 2.24) is 0 Å². The van der Waals surface area contributed by atoms with E-state index in [9.17, 15) is 0 Å². The van der Waals surface area contributed by atoms with Crippen molar-refractivity contribution < 1.29 is 28.4 Å². The zero-order valence-corrected chi connectivity index (χ0v) is 26.9. The first-order valence-corrected chi connectivity index (χ1v) is 16.1. The molecule has 5 aromatic rings. The normalized spacial score (nSPS) is 20.2. The van der Waals surface area contributed by atoms with Gasteiger partial charge in [0.15, 0.2) is 6.29 Å². The van der Waals surface area contributed by atoms with Crippen molar-refractivity contribution in [2.45, 2.75) is 49.5 Å². The minimum Gasteiger partial charge on any atom is -0.376 e. The van der Waals surface area contributed by atoms with E-state index in [0.29, 0.717) is 13.2 Å². The summed E-state index contributed by atoms with van der Waals surface area (Å²) in [7, 11) is 3.31. The van der Waals surface area contributed by atoms with Crippen molar-refractivity contribution in [2.75, 3.05) is 20.8 Å². The molecular weight excluding hydrogens is 588 g/mol. The Morgan fingerprint density at radius 3 is 1.36 bits per heavy atom. The average molecular weight is 631 g/mol. The van der Waals surface area contributed by atoms with E-state index in [4.69, 9.17) is 28.4 Å². The largest absolute Gasteiger partial charge is 0.376 e. The molecule has 1 saturated heterocycles. The fourth-order valence-electron chi connectivity index (χ4n) is 6.31. The SMILES string of the molecule is CO[C@H]1O[C@@H]([C@@H](COC(c2ccccc2)(c2ccccc2)c2ccccc2)OC)[C@H](OCc2ccccc2)[C@H]1OCc1ccccc1. The highest BCUT2D eigenvalue weighted by atomic mass is 16.7. The topological polar surface area (TPSA) is 55.4 Å². The minimum absolute atomic E-state index is 0.201. The van der Waals surface area contributed by atoms with Gasteiger partial charge in [-0.15, -0.1) is 0 Å². The van der Waals surface area contributed by atoms with Crippen LogP contribution < -0.4 is 0 Å². The van der Waals surface area contributed by atoms with Crippen LogP contribution in [0.1, 0.15) is 27.8 Å². The molecule has 6 heteroatoms. The lowest BCUT2D eigenvalue weighted by Gasteiger charge is -2.38. The Kier molecular flexibility index (Phi) is 11.2. The fourth-order valence-corrected chi connectivity index (χ4v) is 6.31. The maximum Gasteiger partial charge on any atom is 0.186 e. The molecule has 0 aromatic heterocycles. The van der Waals surface area contributed by atoms with Gasteiger partial charge in [0.1, 0.15) is 30.0 Å². The zero-order valence-electron chi connectivity index (χ0n) is 26.9. The molecule has 0 bridgehead atoms. The van der Waals surface area contributed by atoms with Crippen molar-refractivity contribution in [3.63, 3.8) is 0 Å². The Morgan fingerprint density at radius 1 is 0.553 bits per heavy atom. The van der Waals surface area contributed by atoms with Crippen LogP contribution in [0.5, 0.6) is 0 Å². The van der Waals surface area contributed by atoms with Crippen LogP contribution in [-0.2, 0) is 47.2 Å². The Bertz CT molecular complexity index is 1500. The summed E-state index contributed by atoms with van der Waals surface area (Å²) in [6.07, 6.45) is -2.74. The summed E-state index contributed by atoms with van der Waals surface area (Å²) in [5.74, 6) is 0. The van der Waals surface area contributed by atoms with Crippen LogP contribution in [0.3, 0.4) is 0 Å². The fraction of sp³-hybridized carbons (Fsp3) is 0.268. The van der Waals surface area contributed by atoms with E-state index in [2.05, 4.69) is 36.4 Å². The van der Waals surface area contributed by atoms with Gasteiger partial charge in [0.2, 0.25) is 0 Å².